The first-order valence-electron chi connectivity index (χ1n) is 8.64. The van der Waals surface area contributed by atoms with Crippen LogP contribution in [0.3, 0.4) is 0 Å². The van der Waals surface area contributed by atoms with Gasteiger partial charge in [0.25, 0.3) is 0 Å². The summed E-state index contributed by atoms with van der Waals surface area (Å²) in [6, 6.07) is 20.6. The van der Waals surface area contributed by atoms with Gasteiger partial charge in [0.05, 0.1) is 7.11 Å². The van der Waals surface area contributed by atoms with Crippen molar-refractivity contribution in [3.8, 4) is 11.5 Å². The number of halogens is 2. The van der Waals surface area contributed by atoms with Gasteiger partial charge in [-0.3, -0.25) is 0 Å². The van der Waals surface area contributed by atoms with E-state index in [1.54, 1.807) is 25.3 Å². The summed E-state index contributed by atoms with van der Waals surface area (Å²) in [4.78, 5) is 0. The molecule has 0 fully saturated rings. The Hall–Kier alpha value is -2.37. The molecule has 0 spiro atoms. The predicted octanol–water partition coefficient (Wildman–Crippen LogP) is 5.47. The lowest BCUT2D eigenvalue weighted by Gasteiger charge is -2.15. The zero-order chi connectivity index (χ0) is 19.1. The second kappa shape index (κ2) is 9.53. The molecule has 3 aromatic rings. The number of hydrogen-bond donors (Lipinski definition) is 1. The molecule has 3 nitrogen and oxygen atoms in total. The maximum Gasteiger partial charge on any atom is 0.162 e. The van der Waals surface area contributed by atoms with Gasteiger partial charge in [0.2, 0.25) is 0 Å². The highest BCUT2D eigenvalue weighted by molar-refractivity contribution is 9.10. The lowest BCUT2D eigenvalue weighted by molar-refractivity contribution is 0.279. The number of rotatable bonds is 8. The maximum absolute atomic E-state index is 13.8. The monoisotopic (exact) mass is 429 g/mol. The topological polar surface area (TPSA) is 30.5 Å². The molecule has 27 heavy (non-hydrogen) atoms. The second-order valence-corrected chi connectivity index (χ2v) is 6.92. The molecular formula is C22H21BrFNO2. The molecule has 0 aromatic heterocycles. The third-order valence-electron chi connectivity index (χ3n) is 4.16. The molecule has 0 aliphatic heterocycles. The Morgan fingerprint density at radius 1 is 0.889 bits per heavy atom. The molecule has 3 aromatic carbocycles. The third-order valence-corrected chi connectivity index (χ3v) is 4.90. The third kappa shape index (κ3) is 5.31. The van der Waals surface area contributed by atoms with Crippen molar-refractivity contribution in [1.82, 2.24) is 5.32 Å². The van der Waals surface area contributed by atoms with Crippen LogP contribution >= 0.6 is 15.9 Å². The van der Waals surface area contributed by atoms with E-state index in [0.717, 1.165) is 16.6 Å². The van der Waals surface area contributed by atoms with E-state index in [9.17, 15) is 4.39 Å². The van der Waals surface area contributed by atoms with Crippen LogP contribution in [-0.4, -0.2) is 7.11 Å². The van der Waals surface area contributed by atoms with Crippen molar-refractivity contribution in [2.45, 2.75) is 19.7 Å². The Morgan fingerprint density at radius 3 is 2.37 bits per heavy atom. The molecular weight excluding hydrogens is 409 g/mol. The van der Waals surface area contributed by atoms with Crippen molar-refractivity contribution in [2.75, 3.05) is 7.11 Å². The zero-order valence-corrected chi connectivity index (χ0v) is 16.6. The van der Waals surface area contributed by atoms with E-state index >= 15 is 0 Å². The van der Waals surface area contributed by atoms with Gasteiger partial charge >= 0.3 is 0 Å². The summed E-state index contributed by atoms with van der Waals surface area (Å²) in [5.74, 6) is 0.905. The van der Waals surface area contributed by atoms with Crippen LogP contribution in [0.2, 0.25) is 0 Å². The Bertz CT molecular complexity index is 887. The molecule has 0 aliphatic carbocycles. The van der Waals surface area contributed by atoms with E-state index in [2.05, 4.69) is 33.4 Å². The maximum atomic E-state index is 13.8. The molecule has 0 saturated heterocycles. The van der Waals surface area contributed by atoms with Crippen molar-refractivity contribution in [1.29, 1.82) is 0 Å². The Labute approximate surface area is 167 Å². The summed E-state index contributed by atoms with van der Waals surface area (Å²) in [6.45, 7) is 1.60. The van der Waals surface area contributed by atoms with Crippen LogP contribution in [0.25, 0.3) is 0 Å². The van der Waals surface area contributed by atoms with Crippen molar-refractivity contribution >= 4 is 15.9 Å². The average molecular weight is 430 g/mol. The molecule has 1 N–H and O–H groups in total. The van der Waals surface area contributed by atoms with Crippen LogP contribution in [0, 0.1) is 5.82 Å². The van der Waals surface area contributed by atoms with Crippen molar-refractivity contribution in [3.63, 3.8) is 0 Å². The van der Waals surface area contributed by atoms with Crippen LogP contribution < -0.4 is 14.8 Å². The highest BCUT2D eigenvalue weighted by atomic mass is 79.9. The predicted molar refractivity (Wildman–Crippen MR) is 108 cm³/mol. The molecule has 0 saturated carbocycles. The van der Waals surface area contributed by atoms with Crippen molar-refractivity contribution < 1.29 is 13.9 Å². The quantitative estimate of drug-likeness (QED) is 0.515. The zero-order valence-electron chi connectivity index (χ0n) is 15.0. The Balaban J connectivity index is 1.66. The second-order valence-electron chi connectivity index (χ2n) is 6.06. The minimum atomic E-state index is -0.280. The van der Waals surface area contributed by atoms with Crippen LogP contribution in [-0.2, 0) is 19.7 Å². The fraction of sp³-hybridized carbons (Fsp3) is 0.182. The fourth-order valence-electron chi connectivity index (χ4n) is 2.69. The standard InChI is InChI=1S/C22H21BrFNO2/c1-26-21-11-18(14-25-13-16-7-3-2-4-8-16)19(23)12-22(21)27-15-17-9-5-6-10-20(17)24/h2-12,25H,13-15H2,1H3. The summed E-state index contributed by atoms with van der Waals surface area (Å²) in [7, 11) is 1.60. The smallest absolute Gasteiger partial charge is 0.162 e. The van der Waals surface area contributed by atoms with Crippen molar-refractivity contribution in [2.24, 2.45) is 0 Å². The van der Waals surface area contributed by atoms with E-state index in [1.807, 2.05) is 30.3 Å². The minimum Gasteiger partial charge on any atom is -0.493 e. The molecule has 5 heteroatoms. The number of hydrogen-bond acceptors (Lipinski definition) is 3. The first kappa shape index (κ1) is 19.4. The number of benzene rings is 3. The lowest BCUT2D eigenvalue weighted by Crippen LogP contribution is -2.13. The van der Waals surface area contributed by atoms with E-state index < -0.39 is 0 Å². The number of ether oxygens (including phenoxy) is 2. The first-order chi connectivity index (χ1) is 13.2. The van der Waals surface area contributed by atoms with Gasteiger partial charge in [0, 0.05) is 23.1 Å². The van der Waals surface area contributed by atoms with Gasteiger partial charge in [-0.05, 0) is 29.3 Å². The van der Waals surface area contributed by atoms with Crippen LogP contribution in [0.1, 0.15) is 16.7 Å². The van der Waals surface area contributed by atoms with Crippen molar-refractivity contribution in [3.05, 3.63) is 93.7 Å². The summed E-state index contributed by atoms with van der Waals surface area (Å²) in [5.41, 5.74) is 2.79. The summed E-state index contributed by atoms with van der Waals surface area (Å²) < 4.78 is 25.9. The molecule has 0 radical (unpaired) electrons. The number of methoxy groups -OCH3 is 1. The van der Waals surface area contributed by atoms with Gasteiger partial charge < -0.3 is 14.8 Å². The van der Waals surface area contributed by atoms with Gasteiger partial charge in [-0.2, -0.15) is 0 Å². The minimum absolute atomic E-state index is 0.140. The van der Waals surface area contributed by atoms with Crippen LogP contribution in [0.15, 0.2) is 71.2 Å². The largest absolute Gasteiger partial charge is 0.493 e. The summed E-state index contributed by atoms with van der Waals surface area (Å²) in [6.07, 6.45) is 0. The van der Waals surface area contributed by atoms with Gasteiger partial charge in [0.1, 0.15) is 12.4 Å². The van der Waals surface area contributed by atoms with Gasteiger partial charge in [0.15, 0.2) is 11.5 Å². The Kier molecular flexibility index (Phi) is 6.85. The molecule has 3 rings (SSSR count). The van der Waals surface area contributed by atoms with E-state index in [4.69, 9.17) is 9.47 Å². The highest BCUT2D eigenvalue weighted by Crippen LogP contribution is 2.34. The summed E-state index contributed by atoms with van der Waals surface area (Å²) in [5, 5.41) is 3.42. The normalized spacial score (nSPS) is 10.6. The van der Waals surface area contributed by atoms with E-state index in [1.165, 1.54) is 11.6 Å². The first-order valence-corrected chi connectivity index (χ1v) is 9.44. The van der Waals surface area contributed by atoms with E-state index in [-0.39, 0.29) is 12.4 Å². The molecule has 0 unspecified atom stereocenters. The molecule has 0 heterocycles. The van der Waals surface area contributed by atoms with Crippen LogP contribution in [0.4, 0.5) is 4.39 Å². The summed E-state index contributed by atoms with van der Waals surface area (Å²) >= 11 is 3.59. The average Bonchev–Trinajstić information content (AvgIpc) is 2.69. The molecule has 0 atom stereocenters. The van der Waals surface area contributed by atoms with E-state index in [0.29, 0.717) is 23.6 Å². The molecule has 0 aliphatic rings. The van der Waals surface area contributed by atoms with Gasteiger partial charge in [-0.15, -0.1) is 0 Å². The molecule has 0 bridgehead atoms. The van der Waals surface area contributed by atoms with Gasteiger partial charge in [-0.25, -0.2) is 4.39 Å². The lowest BCUT2D eigenvalue weighted by atomic mass is 10.1. The molecule has 140 valence electrons. The fourth-order valence-corrected chi connectivity index (χ4v) is 3.16. The number of nitrogens with one attached hydrogen (secondary N) is 1. The van der Waals surface area contributed by atoms with Crippen LogP contribution in [0.5, 0.6) is 11.5 Å². The Morgan fingerprint density at radius 2 is 1.63 bits per heavy atom. The molecule has 0 amide bonds. The van der Waals surface area contributed by atoms with Gasteiger partial charge in [-0.1, -0.05) is 64.5 Å². The SMILES string of the molecule is COc1cc(CNCc2ccccc2)c(Br)cc1OCc1ccccc1F. The highest BCUT2D eigenvalue weighted by Gasteiger charge is 2.11.